The molecule has 0 saturated heterocycles. The van der Waals surface area contributed by atoms with Crippen LogP contribution in [0.2, 0.25) is 0 Å². The van der Waals surface area contributed by atoms with Crippen molar-refractivity contribution in [1.82, 2.24) is 0 Å². The van der Waals surface area contributed by atoms with Gasteiger partial charge in [0.15, 0.2) is 0 Å². The van der Waals surface area contributed by atoms with Crippen molar-refractivity contribution >= 4 is 15.9 Å². The molecular weight excluding hydrogens is 337 g/mol. The summed E-state index contributed by atoms with van der Waals surface area (Å²) >= 11 is 3.06. The van der Waals surface area contributed by atoms with Crippen LogP contribution in [-0.2, 0) is 12.8 Å². The fraction of sp³-hybridized carbons (Fsp3) is 0.143. The van der Waals surface area contributed by atoms with Crippen molar-refractivity contribution in [2.45, 2.75) is 12.8 Å². The highest BCUT2D eigenvalue weighted by Gasteiger charge is 2.31. The van der Waals surface area contributed by atoms with Gasteiger partial charge in [0.25, 0.3) is 0 Å². The minimum absolute atomic E-state index is 0.134. The second-order valence-electron chi connectivity index (χ2n) is 4.05. The summed E-state index contributed by atoms with van der Waals surface area (Å²) in [6.07, 6.45) is -4.39. The lowest BCUT2D eigenvalue weighted by Gasteiger charge is -2.11. The predicted octanol–water partition coefficient (Wildman–Crippen LogP) is 4.75. The Kier molecular flexibility index (Phi) is 4.35. The second kappa shape index (κ2) is 5.85. The Morgan fingerprint density at radius 1 is 1.10 bits per heavy atom. The van der Waals surface area contributed by atoms with E-state index in [0.717, 1.165) is 12.1 Å². The van der Waals surface area contributed by atoms with E-state index in [1.807, 2.05) is 0 Å². The molecule has 0 radical (unpaired) electrons. The molecule has 0 aliphatic heterocycles. The molecule has 0 fully saturated rings. The molecule has 106 valence electrons. The molecule has 0 bridgehead atoms. The average molecular weight is 347 g/mol. The molecule has 20 heavy (non-hydrogen) atoms. The lowest BCUT2D eigenvalue weighted by Crippen LogP contribution is -2.04. The van der Waals surface area contributed by atoms with Gasteiger partial charge in [0.05, 0.1) is 16.6 Å². The first-order valence-corrected chi connectivity index (χ1v) is 6.44. The summed E-state index contributed by atoms with van der Waals surface area (Å²) in [5.41, 5.74) is -0.0913. The molecule has 0 saturated carbocycles. The van der Waals surface area contributed by atoms with E-state index in [-0.39, 0.29) is 16.8 Å². The Balaban J connectivity index is 2.25. The van der Waals surface area contributed by atoms with E-state index >= 15 is 0 Å². The van der Waals surface area contributed by atoms with Crippen molar-refractivity contribution < 1.29 is 23.0 Å². The first-order valence-electron chi connectivity index (χ1n) is 5.64. The maximum atomic E-state index is 12.5. The monoisotopic (exact) mass is 346 g/mol. The highest BCUT2D eigenvalue weighted by molar-refractivity contribution is 9.10. The summed E-state index contributed by atoms with van der Waals surface area (Å²) < 4.78 is 43.3. The van der Waals surface area contributed by atoms with Gasteiger partial charge in [-0.25, -0.2) is 0 Å². The summed E-state index contributed by atoms with van der Waals surface area (Å²) in [5, 5.41) is 9.02. The normalized spacial score (nSPS) is 11.4. The van der Waals surface area contributed by atoms with Crippen molar-refractivity contribution in [1.29, 1.82) is 0 Å². The standard InChI is InChI=1S/C14H10BrF3O2/c15-12-7-10(14(16,17)18)4-5-13(12)20-11-3-1-2-9(6-11)8-19/h1-7,19H,8H2. The zero-order valence-electron chi connectivity index (χ0n) is 10.1. The molecule has 0 atom stereocenters. The van der Waals surface area contributed by atoms with E-state index in [4.69, 9.17) is 9.84 Å². The third kappa shape index (κ3) is 3.52. The first-order chi connectivity index (χ1) is 9.40. The van der Waals surface area contributed by atoms with Gasteiger partial charge in [0, 0.05) is 0 Å². The van der Waals surface area contributed by atoms with E-state index in [9.17, 15) is 13.2 Å². The molecule has 1 N–H and O–H groups in total. The second-order valence-corrected chi connectivity index (χ2v) is 4.90. The molecule has 0 amide bonds. The van der Waals surface area contributed by atoms with Gasteiger partial charge >= 0.3 is 6.18 Å². The number of hydrogen-bond donors (Lipinski definition) is 1. The molecule has 0 aliphatic carbocycles. The van der Waals surface area contributed by atoms with Crippen LogP contribution in [0.5, 0.6) is 11.5 Å². The van der Waals surface area contributed by atoms with Crippen LogP contribution < -0.4 is 4.74 Å². The zero-order chi connectivity index (χ0) is 14.8. The first kappa shape index (κ1) is 14.9. The van der Waals surface area contributed by atoms with Gasteiger partial charge in [-0.15, -0.1) is 0 Å². The molecular formula is C14H10BrF3O2. The van der Waals surface area contributed by atoms with Crippen LogP contribution >= 0.6 is 15.9 Å². The number of aliphatic hydroxyl groups is 1. The van der Waals surface area contributed by atoms with Crippen molar-refractivity contribution in [3.05, 3.63) is 58.1 Å². The van der Waals surface area contributed by atoms with Crippen LogP contribution in [0.25, 0.3) is 0 Å². The fourth-order valence-electron chi connectivity index (χ4n) is 1.59. The summed E-state index contributed by atoms with van der Waals surface area (Å²) in [5.74, 6) is 0.713. The Morgan fingerprint density at radius 3 is 2.45 bits per heavy atom. The number of rotatable bonds is 3. The van der Waals surface area contributed by atoms with Gasteiger partial charge in [0.1, 0.15) is 11.5 Å². The van der Waals surface area contributed by atoms with Crippen molar-refractivity contribution in [2.75, 3.05) is 0 Å². The third-order valence-electron chi connectivity index (χ3n) is 2.57. The average Bonchev–Trinajstić information content (AvgIpc) is 2.40. The van der Waals surface area contributed by atoms with Gasteiger partial charge in [-0.3, -0.25) is 0 Å². The molecule has 2 rings (SSSR count). The molecule has 6 heteroatoms. The molecule has 0 unspecified atom stereocenters. The lowest BCUT2D eigenvalue weighted by atomic mass is 10.2. The number of hydrogen-bond acceptors (Lipinski definition) is 2. The van der Waals surface area contributed by atoms with Crippen LogP contribution in [0.15, 0.2) is 46.9 Å². The van der Waals surface area contributed by atoms with Crippen LogP contribution in [-0.4, -0.2) is 5.11 Å². The highest BCUT2D eigenvalue weighted by atomic mass is 79.9. The molecule has 2 aromatic rings. The number of ether oxygens (including phenoxy) is 1. The SMILES string of the molecule is OCc1cccc(Oc2ccc(C(F)(F)F)cc2Br)c1. The molecule has 0 aromatic heterocycles. The van der Waals surface area contributed by atoms with Gasteiger partial charge < -0.3 is 9.84 Å². The van der Waals surface area contributed by atoms with E-state index < -0.39 is 11.7 Å². The van der Waals surface area contributed by atoms with Gasteiger partial charge in [-0.2, -0.15) is 13.2 Å². The van der Waals surface area contributed by atoms with Gasteiger partial charge in [-0.05, 0) is 51.8 Å². The van der Waals surface area contributed by atoms with Crippen LogP contribution in [0.3, 0.4) is 0 Å². The maximum absolute atomic E-state index is 12.5. The van der Waals surface area contributed by atoms with Crippen LogP contribution in [0.1, 0.15) is 11.1 Å². The minimum Gasteiger partial charge on any atom is -0.456 e. The van der Waals surface area contributed by atoms with E-state index in [1.54, 1.807) is 24.3 Å². The molecule has 2 nitrogen and oxygen atoms in total. The lowest BCUT2D eigenvalue weighted by molar-refractivity contribution is -0.137. The fourth-order valence-corrected chi connectivity index (χ4v) is 2.05. The van der Waals surface area contributed by atoms with Crippen LogP contribution in [0, 0.1) is 0 Å². The van der Waals surface area contributed by atoms with E-state index in [1.165, 1.54) is 6.07 Å². The highest BCUT2D eigenvalue weighted by Crippen LogP contribution is 2.36. The van der Waals surface area contributed by atoms with Crippen molar-refractivity contribution in [2.24, 2.45) is 0 Å². The number of benzene rings is 2. The van der Waals surface area contributed by atoms with Crippen LogP contribution in [0.4, 0.5) is 13.2 Å². The largest absolute Gasteiger partial charge is 0.456 e. The van der Waals surface area contributed by atoms with E-state index in [0.29, 0.717) is 11.3 Å². The van der Waals surface area contributed by atoms with Crippen molar-refractivity contribution in [3.8, 4) is 11.5 Å². The quantitative estimate of drug-likeness (QED) is 0.868. The molecule has 0 spiro atoms. The predicted molar refractivity (Wildman–Crippen MR) is 71.6 cm³/mol. The summed E-state index contributed by atoms with van der Waals surface area (Å²) in [6, 6.07) is 9.85. The third-order valence-corrected chi connectivity index (χ3v) is 3.19. The smallest absolute Gasteiger partial charge is 0.416 e. The van der Waals surface area contributed by atoms with Gasteiger partial charge in [0.2, 0.25) is 0 Å². The number of alkyl halides is 3. The van der Waals surface area contributed by atoms with E-state index in [2.05, 4.69) is 15.9 Å². The Bertz CT molecular complexity index is 612. The number of halogens is 4. The Hall–Kier alpha value is -1.53. The topological polar surface area (TPSA) is 29.5 Å². The minimum atomic E-state index is -4.39. The number of aliphatic hydroxyl groups excluding tert-OH is 1. The summed E-state index contributed by atoms with van der Waals surface area (Å²) in [6.45, 7) is -0.134. The Labute approximate surface area is 121 Å². The Morgan fingerprint density at radius 2 is 1.85 bits per heavy atom. The summed E-state index contributed by atoms with van der Waals surface area (Å²) in [7, 11) is 0. The van der Waals surface area contributed by atoms with Crippen molar-refractivity contribution in [3.63, 3.8) is 0 Å². The maximum Gasteiger partial charge on any atom is 0.416 e. The zero-order valence-corrected chi connectivity index (χ0v) is 11.7. The molecule has 0 aliphatic rings. The van der Waals surface area contributed by atoms with Gasteiger partial charge in [-0.1, -0.05) is 12.1 Å². The summed E-state index contributed by atoms with van der Waals surface area (Å²) in [4.78, 5) is 0. The molecule has 2 aromatic carbocycles. The molecule has 0 heterocycles.